The molecule has 0 spiro atoms. The van der Waals surface area contributed by atoms with Gasteiger partial charge in [-0.2, -0.15) is 0 Å². The third-order valence-electron chi connectivity index (χ3n) is 2.69. The molecule has 0 amide bonds. The van der Waals surface area contributed by atoms with Crippen LogP contribution in [0.5, 0.6) is 0 Å². The molecule has 4 nitrogen and oxygen atoms in total. The summed E-state index contributed by atoms with van der Waals surface area (Å²) in [6.07, 6.45) is 2.08. The largest absolute Gasteiger partial charge is 0.466 e. The fourth-order valence-corrected chi connectivity index (χ4v) is 1.90. The Bertz CT molecular complexity index is 410. The normalized spacial score (nSPS) is 9.85. The van der Waals surface area contributed by atoms with E-state index in [1.165, 1.54) is 5.56 Å². The Balaban J connectivity index is 2.02. The molecule has 2 N–H and O–H groups in total. The topological polar surface area (TPSA) is 50.4 Å². The molecule has 0 bridgehead atoms. The van der Waals surface area contributed by atoms with E-state index in [9.17, 15) is 4.79 Å². The number of carbonyl (C=O) groups excluding carboxylic acids is 1. The van der Waals surface area contributed by atoms with Crippen molar-refractivity contribution in [3.8, 4) is 0 Å². The standard InChI is InChI=1S/C15H22N2O2S/c1-2-19-14(18)9-6-11-16-15(20)17-12-10-13-7-4-3-5-8-13/h3-5,7-8H,2,6,9-12H2,1H3,(H2,16,17,20). The van der Waals surface area contributed by atoms with E-state index in [1.807, 2.05) is 25.1 Å². The lowest BCUT2D eigenvalue weighted by Crippen LogP contribution is -2.37. The zero-order valence-corrected chi connectivity index (χ0v) is 12.7. The first-order valence-corrected chi connectivity index (χ1v) is 7.34. The highest BCUT2D eigenvalue weighted by Crippen LogP contribution is 1.98. The van der Waals surface area contributed by atoms with Crippen molar-refractivity contribution in [1.29, 1.82) is 0 Å². The number of thiocarbonyl (C=S) groups is 1. The molecule has 0 unspecified atom stereocenters. The van der Waals surface area contributed by atoms with Gasteiger partial charge >= 0.3 is 5.97 Å². The summed E-state index contributed by atoms with van der Waals surface area (Å²) in [6.45, 7) is 3.72. The molecule has 1 rings (SSSR count). The Morgan fingerprint density at radius 2 is 1.90 bits per heavy atom. The second kappa shape index (κ2) is 10.2. The number of esters is 1. The molecule has 0 saturated carbocycles. The Hall–Kier alpha value is -1.62. The minimum atomic E-state index is -0.155. The maximum atomic E-state index is 11.1. The van der Waals surface area contributed by atoms with E-state index in [-0.39, 0.29) is 5.97 Å². The van der Waals surface area contributed by atoms with E-state index in [2.05, 4.69) is 22.8 Å². The van der Waals surface area contributed by atoms with Crippen molar-refractivity contribution in [1.82, 2.24) is 10.6 Å². The van der Waals surface area contributed by atoms with Crippen molar-refractivity contribution in [3.05, 3.63) is 35.9 Å². The summed E-state index contributed by atoms with van der Waals surface area (Å²) in [4.78, 5) is 11.1. The number of ether oxygens (including phenoxy) is 1. The SMILES string of the molecule is CCOC(=O)CCCNC(=S)NCCc1ccccc1. The van der Waals surface area contributed by atoms with E-state index in [4.69, 9.17) is 17.0 Å². The van der Waals surface area contributed by atoms with Crippen molar-refractivity contribution < 1.29 is 9.53 Å². The molecule has 110 valence electrons. The van der Waals surface area contributed by atoms with Crippen molar-refractivity contribution in [3.63, 3.8) is 0 Å². The van der Waals surface area contributed by atoms with E-state index >= 15 is 0 Å². The lowest BCUT2D eigenvalue weighted by molar-refractivity contribution is -0.143. The van der Waals surface area contributed by atoms with Gasteiger partial charge in [0.05, 0.1) is 6.61 Å². The first-order valence-electron chi connectivity index (χ1n) is 6.93. The minimum absolute atomic E-state index is 0.155. The lowest BCUT2D eigenvalue weighted by atomic mass is 10.1. The monoisotopic (exact) mass is 294 g/mol. The van der Waals surface area contributed by atoms with Crippen molar-refractivity contribution in [2.24, 2.45) is 0 Å². The summed E-state index contributed by atoms with van der Waals surface area (Å²) >= 11 is 5.16. The number of nitrogens with one attached hydrogen (secondary N) is 2. The molecule has 0 aliphatic heterocycles. The molecule has 0 atom stereocenters. The summed E-state index contributed by atoms with van der Waals surface area (Å²) in [7, 11) is 0. The van der Waals surface area contributed by atoms with Gasteiger partial charge in [-0.05, 0) is 37.5 Å². The zero-order valence-electron chi connectivity index (χ0n) is 11.9. The number of hydrogen-bond donors (Lipinski definition) is 2. The van der Waals surface area contributed by atoms with Gasteiger partial charge in [0, 0.05) is 19.5 Å². The highest BCUT2D eigenvalue weighted by molar-refractivity contribution is 7.80. The van der Waals surface area contributed by atoms with Crippen LogP contribution in [0.1, 0.15) is 25.3 Å². The second-order valence-corrected chi connectivity index (χ2v) is 4.74. The molecule has 0 aromatic heterocycles. The molecular weight excluding hydrogens is 272 g/mol. The molecule has 0 saturated heterocycles. The molecule has 0 fully saturated rings. The molecule has 0 aliphatic rings. The molecular formula is C15H22N2O2S. The number of carbonyl (C=O) groups is 1. The van der Waals surface area contributed by atoms with Crippen LogP contribution < -0.4 is 10.6 Å². The highest BCUT2D eigenvalue weighted by atomic mass is 32.1. The quantitative estimate of drug-likeness (QED) is 0.436. The van der Waals surface area contributed by atoms with Gasteiger partial charge in [-0.1, -0.05) is 30.3 Å². The van der Waals surface area contributed by atoms with Gasteiger partial charge in [0.2, 0.25) is 0 Å². The molecule has 1 aromatic rings. The summed E-state index contributed by atoms with van der Waals surface area (Å²) in [5.41, 5.74) is 1.28. The van der Waals surface area contributed by atoms with E-state index in [0.29, 0.717) is 24.7 Å². The van der Waals surface area contributed by atoms with Crippen LogP contribution in [-0.4, -0.2) is 30.8 Å². The average molecular weight is 294 g/mol. The molecule has 1 aromatic carbocycles. The van der Waals surface area contributed by atoms with Crippen molar-refractivity contribution in [2.45, 2.75) is 26.2 Å². The molecule has 0 radical (unpaired) electrons. The average Bonchev–Trinajstić information content (AvgIpc) is 2.45. The fourth-order valence-electron chi connectivity index (χ4n) is 1.70. The Labute approximate surface area is 125 Å². The molecule has 0 aliphatic carbocycles. The summed E-state index contributed by atoms with van der Waals surface area (Å²) in [5, 5.41) is 6.86. The summed E-state index contributed by atoms with van der Waals surface area (Å²) in [6, 6.07) is 10.3. The molecule has 0 heterocycles. The second-order valence-electron chi connectivity index (χ2n) is 4.33. The summed E-state index contributed by atoms with van der Waals surface area (Å²) < 4.78 is 4.85. The van der Waals surface area contributed by atoms with Crippen LogP contribution in [-0.2, 0) is 16.0 Å². The van der Waals surface area contributed by atoms with E-state index < -0.39 is 0 Å². The Morgan fingerprint density at radius 3 is 2.60 bits per heavy atom. The smallest absolute Gasteiger partial charge is 0.305 e. The van der Waals surface area contributed by atoms with Gasteiger partial charge in [0.15, 0.2) is 5.11 Å². The first kappa shape index (κ1) is 16.4. The lowest BCUT2D eigenvalue weighted by Gasteiger charge is -2.10. The minimum Gasteiger partial charge on any atom is -0.466 e. The number of rotatable bonds is 8. The molecule has 20 heavy (non-hydrogen) atoms. The van der Waals surface area contributed by atoms with Crippen LogP contribution in [0.4, 0.5) is 0 Å². The van der Waals surface area contributed by atoms with Gasteiger partial charge in [-0.25, -0.2) is 0 Å². The van der Waals surface area contributed by atoms with Crippen molar-refractivity contribution in [2.75, 3.05) is 19.7 Å². The number of hydrogen-bond acceptors (Lipinski definition) is 3. The van der Waals surface area contributed by atoms with Crippen LogP contribution in [0.25, 0.3) is 0 Å². The Morgan fingerprint density at radius 1 is 1.20 bits per heavy atom. The van der Waals surface area contributed by atoms with Crippen LogP contribution in [0, 0.1) is 0 Å². The van der Waals surface area contributed by atoms with Crippen LogP contribution in [0.15, 0.2) is 30.3 Å². The van der Waals surface area contributed by atoms with E-state index in [0.717, 1.165) is 19.4 Å². The predicted octanol–water partition coefficient (Wildman–Crippen LogP) is 2.04. The van der Waals surface area contributed by atoms with Gasteiger partial charge in [-0.3, -0.25) is 4.79 Å². The zero-order chi connectivity index (χ0) is 14.6. The Kier molecular flexibility index (Phi) is 8.38. The number of benzene rings is 1. The maximum absolute atomic E-state index is 11.1. The maximum Gasteiger partial charge on any atom is 0.305 e. The highest BCUT2D eigenvalue weighted by Gasteiger charge is 2.01. The first-order chi connectivity index (χ1) is 9.72. The third-order valence-corrected chi connectivity index (χ3v) is 2.98. The van der Waals surface area contributed by atoms with Crippen LogP contribution in [0.3, 0.4) is 0 Å². The third kappa shape index (κ3) is 7.74. The van der Waals surface area contributed by atoms with E-state index in [1.54, 1.807) is 0 Å². The summed E-state index contributed by atoms with van der Waals surface area (Å²) in [5.74, 6) is -0.155. The van der Waals surface area contributed by atoms with Gasteiger partial charge in [-0.15, -0.1) is 0 Å². The van der Waals surface area contributed by atoms with Crippen LogP contribution in [0.2, 0.25) is 0 Å². The molecule has 5 heteroatoms. The van der Waals surface area contributed by atoms with Gasteiger partial charge in [0.25, 0.3) is 0 Å². The van der Waals surface area contributed by atoms with Crippen molar-refractivity contribution >= 4 is 23.3 Å². The fraction of sp³-hybridized carbons (Fsp3) is 0.467. The van der Waals surface area contributed by atoms with Gasteiger partial charge < -0.3 is 15.4 Å². The predicted molar refractivity (Wildman–Crippen MR) is 84.6 cm³/mol. The van der Waals surface area contributed by atoms with Gasteiger partial charge in [0.1, 0.15) is 0 Å². The van der Waals surface area contributed by atoms with Crippen LogP contribution >= 0.6 is 12.2 Å².